The van der Waals surface area contributed by atoms with Crippen LogP contribution in [-0.4, -0.2) is 23.4 Å². The van der Waals surface area contributed by atoms with Crippen LogP contribution in [0, 0.1) is 0 Å². The molecule has 0 fully saturated rings. The summed E-state index contributed by atoms with van der Waals surface area (Å²) in [6.07, 6.45) is 1.30. The van der Waals surface area contributed by atoms with E-state index in [1.807, 2.05) is 30.3 Å². The van der Waals surface area contributed by atoms with E-state index in [9.17, 15) is 9.59 Å². The Hall–Kier alpha value is -3.61. The molecule has 0 saturated carbocycles. The third kappa shape index (κ3) is 4.23. The third-order valence-electron chi connectivity index (χ3n) is 3.23. The number of ether oxygens (including phenoxy) is 1. The molecule has 0 aliphatic heterocycles. The smallest absolute Gasteiger partial charge is 0.277 e. The molecule has 1 heterocycles. The van der Waals surface area contributed by atoms with Gasteiger partial charge in [0.2, 0.25) is 5.89 Å². The fourth-order valence-corrected chi connectivity index (χ4v) is 2.10. The third-order valence-corrected chi connectivity index (χ3v) is 3.23. The molecule has 0 saturated heterocycles. The number of primary amides is 1. The lowest BCUT2D eigenvalue weighted by atomic mass is 10.2. The molecule has 0 bridgehead atoms. The van der Waals surface area contributed by atoms with E-state index in [2.05, 4.69) is 10.3 Å². The highest BCUT2D eigenvalue weighted by molar-refractivity contribution is 6.03. The van der Waals surface area contributed by atoms with Gasteiger partial charge in [0.15, 0.2) is 12.3 Å². The van der Waals surface area contributed by atoms with Crippen molar-refractivity contribution in [3.63, 3.8) is 0 Å². The molecule has 0 radical (unpaired) electrons. The first-order chi connectivity index (χ1) is 12.1. The highest BCUT2D eigenvalue weighted by Gasteiger charge is 2.14. The molecule has 1 aromatic heterocycles. The van der Waals surface area contributed by atoms with Gasteiger partial charge in [-0.3, -0.25) is 9.59 Å². The molecule has 3 aromatic rings. The predicted molar refractivity (Wildman–Crippen MR) is 91.0 cm³/mol. The summed E-state index contributed by atoms with van der Waals surface area (Å²) < 4.78 is 10.5. The van der Waals surface area contributed by atoms with Gasteiger partial charge < -0.3 is 20.2 Å². The molecule has 7 heteroatoms. The molecule has 0 spiro atoms. The van der Waals surface area contributed by atoms with Crippen LogP contribution in [0.5, 0.6) is 5.75 Å². The van der Waals surface area contributed by atoms with E-state index < -0.39 is 11.8 Å². The Balaban J connectivity index is 1.69. The average molecular weight is 337 g/mol. The van der Waals surface area contributed by atoms with Gasteiger partial charge in [0.25, 0.3) is 11.8 Å². The van der Waals surface area contributed by atoms with Crippen molar-refractivity contribution in [1.29, 1.82) is 0 Å². The molecule has 126 valence electrons. The molecule has 3 N–H and O–H groups in total. The molecule has 0 unspecified atom stereocenters. The summed E-state index contributed by atoms with van der Waals surface area (Å²) in [5, 5.41) is 2.69. The van der Waals surface area contributed by atoms with Gasteiger partial charge in [0.1, 0.15) is 12.0 Å². The number of carbonyl (C=O) groups excluding carboxylic acids is 2. The monoisotopic (exact) mass is 337 g/mol. The minimum Gasteiger partial charge on any atom is -0.484 e. The van der Waals surface area contributed by atoms with Crippen LogP contribution in [0.15, 0.2) is 65.3 Å². The molecule has 0 aliphatic carbocycles. The number of nitrogens with two attached hydrogens (primary N) is 1. The zero-order chi connectivity index (χ0) is 17.6. The van der Waals surface area contributed by atoms with E-state index in [4.69, 9.17) is 14.9 Å². The van der Waals surface area contributed by atoms with Crippen LogP contribution < -0.4 is 15.8 Å². The first-order valence-electron chi connectivity index (χ1n) is 7.45. The van der Waals surface area contributed by atoms with Gasteiger partial charge in [0, 0.05) is 17.3 Å². The Morgan fingerprint density at radius 2 is 1.92 bits per heavy atom. The van der Waals surface area contributed by atoms with E-state index in [1.54, 1.807) is 24.3 Å². The van der Waals surface area contributed by atoms with Crippen molar-refractivity contribution >= 4 is 17.5 Å². The second-order valence-corrected chi connectivity index (χ2v) is 5.14. The van der Waals surface area contributed by atoms with Crippen molar-refractivity contribution in [2.45, 2.75) is 0 Å². The number of aromatic nitrogens is 1. The topological polar surface area (TPSA) is 107 Å². The lowest BCUT2D eigenvalue weighted by molar-refractivity contribution is -0.119. The minimum atomic E-state index is -0.578. The summed E-state index contributed by atoms with van der Waals surface area (Å²) in [4.78, 5) is 27.2. The van der Waals surface area contributed by atoms with E-state index in [0.717, 1.165) is 5.56 Å². The Labute approximate surface area is 143 Å². The second kappa shape index (κ2) is 7.31. The first-order valence-corrected chi connectivity index (χ1v) is 7.45. The summed E-state index contributed by atoms with van der Waals surface area (Å²) in [6, 6.07) is 15.9. The lowest BCUT2D eigenvalue weighted by Crippen LogP contribution is -2.20. The van der Waals surface area contributed by atoms with Crippen molar-refractivity contribution in [3.05, 3.63) is 66.6 Å². The van der Waals surface area contributed by atoms with Crippen LogP contribution in [0.25, 0.3) is 11.5 Å². The zero-order valence-electron chi connectivity index (χ0n) is 13.1. The number of nitrogens with zero attached hydrogens (tertiary/aromatic N) is 1. The van der Waals surface area contributed by atoms with E-state index in [0.29, 0.717) is 17.3 Å². The number of hydrogen-bond donors (Lipinski definition) is 2. The first kappa shape index (κ1) is 16.3. The maximum atomic E-state index is 12.3. The molecule has 25 heavy (non-hydrogen) atoms. The number of anilines is 1. The van der Waals surface area contributed by atoms with Gasteiger partial charge in [0.05, 0.1) is 0 Å². The summed E-state index contributed by atoms with van der Waals surface area (Å²) in [5.74, 6) is -0.213. The molecule has 3 rings (SSSR count). The number of rotatable bonds is 6. The molecule has 2 amide bonds. The van der Waals surface area contributed by atoms with E-state index in [1.165, 1.54) is 6.26 Å². The fraction of sp³-hybridized carbons (Fsp3) is 0.0556. The van der Waals surface area contributed by atoms with Crippen molar-refractivity contribution < 1.29 is 18.7 Å². The number of hydrogen-bond acceptors (Lipinski definition) is 5. The van der Waals surface area contributed by atoms with Gasteiger partial charge >= 0.3 is 0 Å². The highest BCUT2D eigenvalue weighted by Crippen LogP contribution is 2.20. The van der Waals surface area contributed by atoms with Gasteiger partial charge in [-0.05, 0) is 24.3 Å². The molecule has 0 aliphatic rings. The van der Waals surface area contributed by atoms with E-state index >= 15 is 0 Å². The second-order valence-electron chi connectivity index (χ2n) is 5.14. The van der Waals surface area contributed by atoms with Crippen LogP contribution in [-0.2, 0) is 4.79 Å². The standard InChI is InChI=1S/C18H15N3O4/c19-16(22)11-24-14-8-4-7-13(9-14)20-17(23)15-10-25-18(21-15)12-5-2-1-3-6-12/h1-10H,11H2,(H2,19,22)(H,20,23). The Morgan fingerprint density at radius 3 is 2.68 bits per heavy atom. The molecular weight excluding hydrogens is 322 g/mol. The largest absolute Gasteiger partial charge is 0.484 e. The number of carbonyl (C=O) groups is 2. The molecular formula is C18H15N3O4. The van der Waals surface area contributed by atoms with Crippen molar-refractivity contribution in [1.82, 2.24) is 4.98 Å². The van der Waals surface area contributed by atoms with Gasteiger partial charge in [-0.25, -0.2) is 4.98 Å². The number of nitrogens with one attached hydrogen (secondary N) is 1. The normalized spacial score (nSPS) is 10.2. The van der Waals surface area contributed by atoms with Crippen LogP contribution in [0.1, 0.15) is 10.5 Å². The van der Waals surface area contributed by atoms with Crippen molar-refractivity contribution in [2.24, 2.45) is 5.73 Å². The maximum Gasteiger partial charge on any atom is 0.277 e. The number of oxazole rings is 1. The number of amides is 2. The SMILES string of the molecule is NC(=O)COc1cccc(NC(=O)c2coc(-c3ccccc3)n2)c1. The van der Waals surface area contributed by atoms with E-state index in [-0.39, 0.29) is 12.3 Å². The van der Waals surface area contributed by atoms with Crippen LogP contribution in [0.3, 0.4) is 0 Å². The zero-order valence-corrected chi connectivity index (χ0v) is 13.1. The number of benzene rings is 2. The van der Waals surface area contributed by atoms with Crippen LogP contribution in [0.4, 0.5) is 5.69 Å². The van der Waals surface area contributed by atoms with Crippen LogP contribution >= 0.6 is 0 Å². The quantitative estimate of drug-likeness (QED) is 0.718. The summed E-state index contributed by atoms with van der Waals surface area (Å²) in [6.45, 7) is -0.235. The van der Waals surface area contributed by atoms with Crippen molar-refractivity contribution in [2.75, 3.05) is 11.9 Å². The molecule has 7 nitrogen and oxygen atoms in total. The highest BCUT2D eigenvalue weighted by atomic mass is 16.5. The summed E-state index contributed by atoms with van der Waals surface area (Å²) in [7, 11) is 0. The fourth-order valence-electron chi connectivity index (χ4n) is 2.10. The summed E-state index contributed by atoms with van der Waals surface area (Å²) >= 11 is 0. The lowest BCUT2D eigenvalue weighted by Gasteiger charge is -2.07. The summed E-state index contributed by atoms with van der Waals surface area (Å²) in [5.41, 5.74) is 6.47. The maximum absolute atomic E-state index is 12.3. The van der Waals surface area contributed by atoms with Gasteiger partial charge in [-0.1, -0.05) is 24.3 Å². The molecule has 2 aromatic carbocycles. The van der Waals surface area contributed by atoms with Gasteiger partial charge in [-0.2, -0.15) is 0 Å². The predicted octanol–water partition coefficient (Wildman–Crippen LogP) is 2.46. The Morgan fingerprint density at radius 1 is 1.12 bits per heavy atom. The average Bonchev–Trinajstić information content (AvgIpc) is 3.11. The molecule has 0 atom stereocenters. The van der Waals surface area contributed by atoms with Crippen LogP contribution in [0.2, 0.25) is 0 Å². The van der Waals surface area contributed by atoms with Crippen molar-refractivity contribution in [3.8, 4) is 17.2 Å². The minimum absolute atomic E-state index is 0.155. The van der Waals surface area contributed by atoms with Gasteiger partial charge in [-0.15, -0.1) is 0 Å². The Bertz CT molecular complexity index is 890. The Kier molecular flexibility index (Phi) is 4.75.